The number of methoxy groups -OCH3 is 1. The molecule has 2 aromatic rings. The van der Waals surface area contributed by atoms with Crippen LogP contribution in [0.15, 0.2) is 24.3 Å². The predicted molar refractivity (Wildman–Crippen MR) is 128 cm³/mol. The Kier molecular flexibility index (Phi) is 6.51. The second-order valence-electron chi connectivity index (χ2n) is 7.93. The first-order chi connectivity index (χ1) is 14.5. The number of thiophene rings is 1. The number of carbonyl (C=O) groups is 1. The molecule has 2 heterocycles. The van der Waals surface area contributed by atoms with Crippen molar-refractivity contribution < 1.29 is 9.53 Å². The fraction of sp³-hybridized carbons (Fsp3) is 0.455. The number of benzene rings is 1. The molecule has 0 spiro atoms. The lowest BCUT2D eigenvalue weighted by molar-refractivity contribution is 0.0601. The van der Waals surface area contributed by atoms with Gasteiger partial charge in [-0.05, 0) is 61.2 Å². The van der Waals surface area contributed by atoms with Crippen molar-refractivity contribution in [2.75, 3.05) is 43.5 Å². The van der Waals surface area contributed by atoms with Crippen LogP contribution in [0.4, 0.5) is 10.7 Å². The van der Waals surface area contributed by atoms with E-state index in [0.29, 0.717) is 16.6 Å². The number of fused-ring (bicyclic) bond motifs is 1. The molecule has 1 saturated heterocycles. The Labute approximate surface area is 192 Å². The maximum atomic E-state index is 12.5. The van der Waals surface area contributed by atoms with E-state index < -0.39 is 0 Å². The number of halogens is 1. The third-order valence-electron chi connectivity index (χ3n) is 5.86. The average Bonchev–Trinajstić information content (AvgIpc) is 3.10. The van der Waals surface area contributed by atoms with Gasteiger partial charge in [0.1, 0.15) is 5.00 Å². The van der Waals surface area contributed by atoms with Gasteiger partial charge >= 0.3 is 5.97 Å². The minimum Gasteiger partial charge on any atom is -0.465 e. The van der Waals surface area contributed by atoms with Crippen LogP contribution < -0.4 is 10.2 Å². The molecule has 8 heteroatoms. The normalized spacial score (nSPS) is 18.7. The highest BCUT2D eigenvalue weighted by Crippen LogP contribution is 2.40. The average molecular weight is 464 g/mol. The van der Waals surface area contributed by atoms with Gasteiger partial charge in [-0.15, -0.1) is 11.3 Å². The number of carbonyl (C=O) groups excluding carboxylic acids is 1. The molecule has 0 bridgehead atoms. The second-order valence-corrected chi connectivity index (χ2v) is 9.86. The number of rotatable bonds is 3. The van der Waals surface area contributed by atoms with E-state index >= 15 is 0 Å². The first-order valence-corrected chi connectivity index (χ1v) is 11.9. The molecule has 1 aromatic heterocycles. The predicted octanol–water partition coefficient (Wildman–Crippen LogP) is 4.83. The van der Waals surface area contributed by atoms with Crippen LogP contribution in [0.1, 0.15) is 34.1 Å². The zero-order valence-corrected chi connectivity index (χ0v) is 19.6. The van der Waals surface area contributed by atoms with Gasteiger partial charge in [0.25, 0.3) is 0 Å². The summed E-state index contributed by atoms with van der Waals surface area (Å²) in [5.41, 5.74) is 2.94. The quantitative estimate of drug-likeness (QED) is 0.519. The van der Waals surface area contributed by atoms with E-state index in [0.717, 1.165) is 66.7 Å². The molecule has 4 rings (SSSR count). The fourth-order valence-corrected chi connectivity index (χ4v) is 6.11. The first-order valence-electron chi connectivity index (χ1n) is 10.3. The zero-order chi connectivity index (χ0) is 21.3. The minimum atomic E-state index is -0.280. The lowest BCUT2D eigenvalue weighted by Crippen LogP contribution is -2.50. The molecule has 30 heavy (non-hydrogen) atoms. The SMILES string of the molecule is COC(=O)c1c(NC(=S)N2CCN(c3cccc(Cl)c3)CC2)sc2c1CCC(C)C2. The lowest BCUT2D eigenvalue weighted by atomic mass is 9.88. The highest BCUT2D eigenvalue weighted by Gasteiger charge is 2.29. The second kappa shape index (κ2) is 9.12. The number of piperazine rings is 1. The molecule has 1 unspecified atom stereocenters. The Morgan fingerprint density at radius 1 is 1.30 bits per heavy atom. The van der Waals surface area contributed by atoms with E-state index in [2.05, 4.69) is 28.1 Å². The van der Waals surface area contributed by atoms with E-state index in [9.17, 15) is 4.79 Å². The first kappa shape index (κ1) is 21.4. The van der Waals surface area contributed by atoms with Crippen LogP contribution in [-0.2, 0) is 17.6 Å². The van der Waals surface area contributed by atoms with E-state index in [1.165, 1.54) is 12.0 Å². The third kappa shape index (κ3) is 4.43. The Bertz CT molecular complexity index is 954. The van der Waals surface area contributed by atoms with E-state index in [1.54, 1.807) is 11.3 Å². The number of thiocarbonyl (C=S) groups is 1. The van der Waals surface area contributed by atoms with Crippen molar-refractivity contribution in [1.82, 2.24) is 4.90 Å². The monoisotopic (exact) mass is 463 g/mol. The number of nitrogens with one attached hydrogen (secondary N) is 1. The van der Waals surface area contributed by atoms with Crippen molar-refractivity contribution in [3.05, 3.63) is 45.3 Å². The molecule has 160 valence electrons. The summed E-state index contributed by atoms with van der Waals surface area (Å²) >= 11 is 13.5. The summed E-state index contributed by atoms with van der Waals surface area (Å²) in [4.78, 5) is 18.3. The van der Waals surface area contributed by atoms with Crippen molar-refractivity contribution in [1.29, 1.82) is 0 Å². The van der Waals surface area contributed by atoms with Crippen molar-refractivity contribution in [2.24, 2.45) is 5.92 Å². The molecule has 2 aliphatic rings. The van der Waals surface area contributed by atoms with Gasteiger partial charge in [-0.2, -0.15) is 0 Å². The summed E-state index contributed by atoms with van der Waals surface area (Å²) in [5, 5.41) is 5.60. The smallest absolute Gasteiger partial charge is 0.341 e. The van der Waals surface area contributed by atoms with Gasteiger partial charge in [-0.1, -0.05) is 24.6 Å². The van der Waals surface area contributed by atoms with E-state index in [4.69, 9.17) is 28.6 Å². The molecule has 1 aliphatic heterocycles. The maximum absolute atomic E-state index is 12.5. The Hall–Kier alpha value is -1.83. The topological polar surface area (TPSA) is 44.8 Å². The van der Waals surface area contributed by atoms with Crippen LogP contribution in [0, 0.1) is 5.92 Å². The molecular formula is C22H26ClN3O2S2. The Balaban J connectivity index is 1.45. The molecule has 1 atom stereocenters. The highest BCUT2D eigenvalue weighted by atomic mass is 35.5. The van der Waals surface area contributed by atoms with E-state index in [-0.39, 0.29) is 5.97 Å². The minimum absolute atomic E-state index is 0.280. The number of anilines is 2. The lowest BCUT2D eigenvalue weighted by Gasteiger charge is -2.37. The van der Waals surface area contributed by atoms with Crippen molar-refractivity contribution in [3.8, 4) is 0 Å². The van der Waals surface area contributed by atoms with Gasteiger partial charge in [0.2, 0.25) is 0 Å². The van der Waals surface area contributed by atoms with Crippen LogP contribution in [0.25, 0.3) is 0 Å². The summed E-state index contributed by atoms with van der Waals surface area (Å²) in [7, 11) is 1.44. The Morgan fingerprint density at radius 2 is 2.07 bits per heavy atom. The molecule has 1 aromatic carbocycles. The molecule has 5 nitrogen and oxygen atoms in total. The zero-order valence-electron chi connectivity index (χ0n) is 17.2. The van der Waals surface area contributed by atoms with Gasteiger partial charge in [0.15, 0.2) is 5.11 Å². The highest BCUT2D eigenvalue weighted by molar-refractivity contribution is 7.80. The van der Waals surface area contributed by atoms with Crippen molar-refractivity contribution in [2.45, 2.75) is 26.2 Å². The van der Waals surface area contributed by atoms with Crippen molar-refractivity contribution in [3.63, 3.8) is 0 Å². The summed E-state index contributed by atoms with van der Waals surface area (Å²) in [6.07, 6.45) is 3.03. The number of hydrogen-bond donors (Lipinski definition) is 1. The Morgan fingerprint density at radius 3 is 2.77 bits per heavy atom. The molecule has 1 N–H and O–H groups in total. The molecule has 0 amide bonds. The van der Waals surface area contributed by atoms with Gasteiger partial charge in [-0.3, -0.25) is 0 Å². The number of ether oxygens (including phenoxy) is 1. The number of esters is 1. The number of nitrogens with zero attached hydrogens (tertiary/aromatic N) is 2. The maximum Gasteiger partial charge on any atom is 0.341 e. The van der Waals surface area contributed by atoms with E-state index in [1.807, 2.05) is 18.2 Å². The van der Waals surface area contributed by atoms with Crippen molar-refractivity contribution >= 4 is 56.9 Å². The van der Waals surface area contributed by atoms with Crippen LogP contribution in [0.2, 0.25) is 5.02 Å². The summed E-state index contributed by atoms with van der Waals surface area (Å²) in [5.74, 6) is 0.360. The fourth-order valence-electron chi connectivity index (χ4n) is 4.17. The van der Waals surface area contributed by atoms with Gasteiger partial charge in [0.05, 0.1) is 12.7 Å². The van der Waals surface area contributed by atoms with Gasteiger partial charge in [-0.25, -0.2) is 4.79 Å². The van der Waals surface area contributed by atoms with Crippen LogP contribution in [0.5, 0.6) is 0 Å². The van der Waals surface area contributed by atoms with Crippen LogP contribution in [-0.4, -0.2) is 49.3 Å². The summed E-state index contributed by atoms with van der Waals surface area (Å²) < 4.78 is 5.08. The molecule has 0 saturated carbocycles. The largest absolute Gasteiger partial charge is 0.465 e. The van der Waals surface area contributed by atoms with Gasteiger partial charge < -0.3 is 19.9 Å². The number of hydrogen-bond acceptors (Lipinski definition) is 5. The summed E-state index contributed by atoms with van der Waals surface area (Å²) in [6.45, 7) is 5.62. The molecular weight excluding hydrogens is 438 g/mol. The molecule has 1 aliphatic carbocycles. The summed E-state index contributed by atoms with van der Waals surface area (Å²) in [6, 6.07) is 7.94. The molecule has 0 radical (unpaired) electrons. The van der Waals surface area contributed by atoms with Crippen LogP contribution in [0.3, 0.4) is 0 Å². The van der Waals surface area contributed by atoms with Gasteiger partial charge in [0, 0.05) is 41.8 Å². The third-order valence-corrected chi connectivity index (χ3v) is 7.63. The molecule has 1 fully saturated rings. The van der Waals surface area contributed by atoms with Crippen LogP contribution >= 0.6 is 35.2 Å². The standard InChI is InChI=1S/C22H26ClN3O2S2/c1-14-6-7-17-18(12-14)30-20(19(17)21(27)28-2)24-22(29)26-10-8-25(9-11-26)16-5-3-4-15(23)13-16/h3-5,13-14H,6-12H2,1-2H3,(H,24,29).